The fraction of sp³-hybridized carbons (Fsp3) is 0.400. The quantitative estimate of drug-likeness (QED) is 0.634. The SMILES string of the molecule is C#CC(C)Oc1c(C(=O)OCC)cnc2c1c(C)nn2C. The Hall–Kier alpha value is -2.55. The van der Waals surface area contributed by atoms with Crippen molar-refractivity contribution in [3.63, 3.8) is 0 Å². The van der Waals surface area contributed by atoms with Gasteiger partial charge in [-0.2, -0.15) is 5.10 Å². The lowest BCUT2D eigenvalue weighted by atomic mass is 10.1. The maximum Gasteiger partial charge on any atom is 0.343 e. The van der Waals surface area contributed by atoms with E-state index in [4.69, 9.17) is 15.9 Å². The Morgan fingerprint density at radius 1 is 1.57 bits per heavy atom. The molecule has 6 nitrogen and oxygen atoms in total. The van der Waals surface area contributed by atoms with Crippen LogP contribution in [0.25, 0.3) is 11.0 Å². The molecule has 0 amide bonds. The first-order valence-electron chi connectivity index (χ1n) is 6.61. The molecule has 110 valence electrons. The lowest BCUT2D eigenvalue weighted by Crippen LogP contribution is -2.14. The Kier molecular flexibility index (Phi) is 4.13. The van der Waals surface area contributed by atoms with Crippen LogP contribution >= 0.6 is 0 Å². The van der Waals surface area contributed by atoms with Gasteiger partial charge in [0.2, 0.25) is 0 Å². The third-order valence-corrected chi connectivity index (χ3v) is 3.00. The molecule has 6 heteroatoms. The fourth-order valence-corrected chi connectivity index (χ4v) is 2.07. The van der Waals surface area contributed by atoms with Crippen molar-refractivity contribution in [2.24, 2.45) is 7.05 Å². The van der Waals surface area contributed by atoms with Crippen molar-refractivity contribution in [1.82, 2.24) is 14.8 Å². The predicted molar refractivity (Wildman–Crippen MR) is 78.1 cm³/mol. The summed E-state index contributed by atoms with van der Waals surface area (Å²) in [7, 11) is 1.78. The molecule has 2 heterocycles. The third-order valence-electron chi connectivity index (χ3n) is 3.00. The number of nitrogens with zero attached hydrogens (tertiary/aromatic N) is 3. The van der Waals surface area contributed by atoms with Gasteiger partial charge in [-0.1, -0.05) is 5.92 Å². The van der Waals surface area contributed by atoms with Gasteiger partial charge in [0.15, 0.2) is 11.8 Å². The van der Waals surface area contributed by atoms with Crippen LogP contribution < -0.4 is 4.74 Å². The summed E-state index contributed by atoms with van der Waals surface area (Å²) in [6.45, 7) is 5.57. The number of fused-ring (bicyclic) bond motifs is 1. The van der Waals surface area contributed by atoms with Crippen LogP contribution in [-0.2, 0) is 11.8 Å². The van der Waals surface area contributed by atoms with Gasteiger partial charge in [0.1, 0.15) is 11.3 Å². The molecule has 0 aliphatic carbocycles. The lowest BCUT2D eigenvalue weighted by Gasteiger charge is -2.14. The van der Waals surface area contributed by atoms with Crippen molar-refractivity contribution in [1.29, 1.82) is 0 Å². The molecule has 0 bridgehead atoms. The Bertz CT molecular complexity index is 728. The number of rotatable bonds is 4. The van der Waals surface area contributed by atoms with Gasteiger partial charge in [-0.3, -0.25) is 4.68 Å². The number of carbonyl (C=O) groups excluding carboxylic acids is 1. The van der Waals surface area contributed by atoms with E-state index < -0.39 is 12.1 Å². The van der Waals surface area contributed by atoms with Crippen LogP contribution in [0.15, 0.2) is 6.20 Å². The number of esters is 1. The molecule has 0 aliphatic heterocycles. The van der Waals surface area contributed by atoms with Crippen molar-refractivity contribution in [2.45, 2.75) is 26.9 Å². The van der Waals surface area contributed by atoms with E-state index in [-0.39, 0.29) is 12.2 Å². The zero-order valence-electron chi connectivity index (χ0n) is 12.5. The van der Waals surface area contributed by atoms with Gasteiger partial charge in [-0.15, -0.1) is 6.42 Å². The summed E-state index contributed by atoms with van der Waals surface area (Å²) in [6.07, 6.45) is 6.31. The Labute approximate surface area is 123 Å². The van der Waals surface area contributed by atoms with E-state index in [1.165, 1.54) is 6.20 Å². The van der Waals surface area contributed by atoms with Crippen LogP contribution in [0.1, 0.15) is 29.9 Å². The first-order chi connectivity index (χ1) is 9.99. The number of hydrogen-bond donors (Lipinski definition) is 0. The van der Waals surface area contributed by atoms with E-state index in [9.17, 15) is 4.79 Å². The molecule has 1 unspecified atom stereocenters. The van der Waals surface area contributed by atoms with Crippen molar-refractivity contribution in [3.05, 3.63) is 17.5 Å². The van der Waals surface area contributed by atoms with E-state index >= 15 is 0 Å². The van der Waals surface area contributed by atoms with Gasteiger partial charge in [0.05, 0.1) is 17.7 Å². The molecule has 2 aromatic heterocycles. The minimum absolute atomic E-state index is 0.252. The summed E-state index contributed by atoms with van der Waals surface area (Å²) in [6, 6.07) is 0. The molecule has 2 aromatic rings. The molecule has 0 saturated heterocycles. The second kappa shape index (κ2) is 5.83. The normalized spacial score (nSPS) is 12.0. The first-order valence-corrected chi connectivity index (χ1v) is 6.61. The summed E-state index contributed by atoms with van der Waals surface area (Å²) in [5.74, 6) is 2.36. The summed E-state index contributed by atoms with van der Waals surface area (Å²) in [5.41, 5.74) is 1.59. The number of hydrogen-bond acceptors (Lipinski definition) is 5. The van der Waals surface area contributed by atoms with Gasteiger partial charge in [-0.25, -0.2) is 9.78 Å². The van der Waals surface area contributed by atoms with Gasteiger partial charge >= 0.3 is 5.97 Å². The monoisotopic (exact) mass is 287 g/mol. The number of aromatic nitrogens is 3. The first kappa shape index (κ1) is 14.9. The topological polar surface area (TPSA) is 66.2 Å². The number of terminal acetylenes is 1. The molecular formula is C15H17N3O3. The van der Waals surface area contributed by atoms with Gasteiger partial charge < -0.3 is 9.47 Å². The van der Waals surface area contributed by atoms with Gasteiger partial charge in [0.25, 0.3) is 0 Å². The Morgan fingerprint density at radius 3 is 2.90 bits per heavy atom. The average Bonchev–Trinajstić information content (AvgIpc) is 2.74. The number of ether oxygens (including phenoxy) is 2. The average molecular weight is 287 g/mol. The minimum Gasteiger partial charge on any atom is -0.476 e. The molecule has 0 fully saturated rings. The highest BCUT2D eigenvalue weighted by molar-refractivity contribution is 5.99. The van der Waals surface area contributed by atoms with E-state index in [0.29, 0.717) is 22.5 Å². The molecule has 1 atom stereocenters. The zero-order valence-corrected chi connectivity index (χ0v) is 12.5. The molecule has 2 rings (SSSR count). The van der Waals surface area contributed by atoms with Crippen molar-refractivity contribution >= 4 is 17.0 Å². The molecule has 0 aliphatic rings. The largest absolute Gasteiger partial charge is 0.476 e. The van der Waals surface area contributed by atoms with E-state index in [1.54, 1.807) is 25.6 Å². The molecule has 0 aromatic carbocycles. The molecule has 0 saturated carbocycles. The third kappa shape index (κ3) is 2.68. The molecule has 21 heavy (non-hydrogen) atoms. The van der Waals surface area contributed by atoms with Gasteiger partial charge in [0, 0.05) is 13.2 Å². The van der Waals surface area contributed by atoms with E-state index in [0.717, 1.165) is 0 Å². The summed E-state index contributed by atoms with van der Waals surface area (Å²) in [4.78, 5) is 16.3. The highest BCUT2D eigenvalue weighted by atomic mass is 16.5. The Balaban J connectivity index is 2.68. The van der Waals surface area contributed by atoms with Crippen molar-refractivity contribution < 1.29 is 14.3 Å². The highest BCUT2D eigenvalue weighted by Gasteiger charge is 2.23. The van der Waals surface area contributed by atoms with E-state index in [1.807, 2.05) is 6.92 Å². The smallest absolute Gasteiger partial charge is 0.343 e. The van der Waals surface area contributed by atoms with E-state index in [2.05, 4.69) is 16.0 Å². The second-order valence-electron chi connectivity index (χ2n) is 4.56. The van der Waals surface area contributed by atoms with Crippen LogP contribution in [0, 0.1) is 19.3 Å². The Morgan fingerprint density at radius 2 is 2.29 bits per heavy atom. The highest BCUT2D eigenvalue weighted by Crippen LogP contribution is 2.32. The molecule has 0 spiro atoms. The summed E-state index contributed by atoms with van der Waals surface area (Å²) >= 11 is 0. The van der Waals surface area contributed by atoms with Crippen molar-refractivity contribution in [3.8, 4) is 18.1 Å². The van der Waals surface area contributed by atoms with Crippen LogP contribution in [0.2, 0.25) is 0 Å². The van der Waals surface area contributed by atoms with Crippen LogP contribution in [0.5, 0.6) is 5.75 Å². The minimum atomic E-state index is -0.491. The molecule has 0 N–H and O–H groups in total. The maximum atomic E-state index is 12.1. The van der Waals surface area contributed by atoms with Crippen LogP contribution in [0.4, 0.5) is 0 Å². The maximum absolute atomic E-state index is 12.1. The molecular weight excluding hydrogens is 270 g/mol. The zero-order chi connectivity index (χ0) is 15.6. The lowest BCUT2D eigenvalue weighted by molar-refractivity contribution is 0.0521. The van der Waals surface area contributed by atoms with Gasteiger partial charge in [-0.05, 0) is 20.8 Å². The number of aryl methyl sites for hydroxylation is 2. The fourth-order valence-electron chi connectivity index (χ4n) is 2.07. The van der Waals surface area contributed by atoms with Crippen LogP contribution in [-0.4, -0.2) is 33.4 Å². The summed E-state index contributed by atoms with van der Waals surface area (Å²) < 4.78 is 12.4. The second-order valence-corrected chi connectivity index (χ2v) is 4.56. The summed E-state index contributed by atoms with van der Waals surface area (Å²) in [5, 5.41) is 4.97. The van der Waals surface area contributed by atoms with Crippen molar-refractivity contribution in [2.75, 3.05) is 6.61 Å². The standard InChI is InChI=1S/C15H17N3O3/c1-6-9(3)21-13-11(15(19)20-7-2)8-16-14-12(13)10(4)17-18(14)5/h1,8-9H,7H2,2-5H3. The predicted octanol–water partition coefficient (Wildman–Crippen LogP) is 1.85. The molecule has 0 radical (unpaired) electrons. The number of pyridine rings is 1. The number of carbonyl (C=O) groups is 1. The van der Waals surface area contributed by atoms with Crippen LogP contribution in [0.3, 0.4) is 0 Å².